The van der Waals surface area contributed by atoms with Crippen LogP contribution in [0.1, 0.15) is 58.3 Å². The first-order valence-electron chi connectivity index (χ1n) is 7.26. The Bertz CT molecular complexity index is 212. The Balaban J connectivity index is 3.27. The highest BCUT2D eigenvalue weighted by molar-refractivity contribution is 5.75. The van der Waals surface area contributed by atoms with E-state index in [1.807, 2.05) is 0 Å². The molecule has 0 fully saturated rings. The van der Waals surface area contributed by atoms with Crippen molar-refractivity contribution >= 4 is 5.91 Å². The molecule has 0 radical (unpaired) electrons. The van der Waals surface area contributed by atoms with Gasteiger partial charge in [-0.2, -0.15) is 0 Å². The largest absolute Gasteiger partial charge is 0.633 e. The molecule has 0 unspecified atom stereocenters. The SMILES string of the molecule is CCCCCCCCCC(=O)NCC[N+](C)(C)[O-]. The molecule has 0 spiro atoms. The van der Waals surface area contributed by atoms with E-state index in [4.69, 9.17) is 0 Å². The maximum absolute atomic E-state index is 11.4. The van der Waals surface area contributed by atoms with Crippen LogP contribution in [0.5, 0.6) is 0 Å². The van der Waals surface area contributed by atoms with Gasteiger partial charge in [-0.25, -0.2) is 0 Å². The number of likely N-dealkylation sites (N-methyl/N-ethyl adjacent to an activating group) is 1. The summed E-state index contributed by atoms with van der Waals surface area (Å²) in [5, 5.41) is 14.1. The molecule has 0 aromatic carbocycles. The van der Waals surface area contributed by atoms with Crippen molar-refractivity contribution in [1.82, 2.24) is 5.32 Å². The third-order valence-corrected chi connectivity index (χ3v) is 2.98. The molecule has 0 saturated carbocycles. The highest BCUT2D eigenvalue weighted by atomic mass is 16.5. The number of hydrogen-bond donors (Lipinski definition) is 1. The molecule has 0 aliphatic carbocycles. The van der Waals surface area contributed by atoms with E-state index in [0.29, 0.717) is 19.5 Å². The number of unbranched alkanes of at least 4 members (excludes halogenated alkanes) is 6. The maximum Gasteiger partial charge on any atom is 0.220 e. The Labute approximate surface area is 112 Å². The first-order chi connectivity index (χ1) is 8.45. The van der Waals surface area contributed by atoms with Gasteiger partial charge in [-0.05, 0) is 6.42 Å². The first kappa shape index (κ1) is 17.4. The second-order valence-corrected chi connectivity index (χ2v) is 5.52. The van der Waals surface area contributed by atoms with Gasteiger partial charge >= 0.3 is 0 Å². The molecule has 1 N–H and O–H groups in total. The van der Waals surface area contributed by atoms with Crippen LogP contribution in [-0.2, 0) is 4.79 Å². The second-order valence-electron chi connectivity index (χ2n) is 5.52. The lowest BCUT2D eigenvalue weighted by atomic mass is 10.1. The van der Waals surface area contributed by atoms with Crippen LogP contribution < -0.4 is 5.32 Å². The summed E-state index contributed by atoms with van der Waals surface area (Å²) in [7, 11) is 3.17. The summed E-state index contributed by atoms with van der Waals surface area (Å²) in [5.41, 5.74) is 0. The molecule has 0 heterocycles. The van der Waals surface area contributed by atoms with Gasteiger partial charge in [-0.1, -0.05) is 45.4 Å². The Morgan fingerprint density at radius 1 is 1.06 bits per heavy atom. The molecule has 0 aliphatic heterocycles. The van der Waals surface area contributed by atoms with Crippen LogP contribution in [0.25, 0.3) is 0 Å². The molecule has 1 amide bonds. The molecule has 18 heavy (non-hydrogen) atoms. The smallest absolute Gasteiger partial charge is 0.220 e. The first-order valence-corrected chi connectivity index (χ1v) is 7.26. The molecule has 0 saturated heterocycles. The fourth-order valence-electron chi connectivity index (χ4n) is 1.80. The van der Waals surface area contributed by atoms with Crippen LogP contribution in [-0.4, -0.2) is 37.7 Å². The Hall–Kier alpha value is -0.610. The van der Waals surface area contributed by atoms with Gasteiger partial charge in [0.1, 0.15) is 0 Å². The van der Waals surface area contributed by atoms with Crippen molar-refractivity contribution in [2.24, 2.45) is 0 Å². The quantitative estimate of drug-likeness (QED) is 0.352. The number of hydrogen-bond acceptors (Lipinski definition) is 2. The average molecular weight is 258 g/mol. The maximum atomic E-state index is 11.4. The van der Waals surface area contributed by atoms with E-state index >= 15 is 0 Å². The molecular weight excluding hydrogens is 228 g/mol. The topological polar surface area (TPSA) is 52.2 Å². The van der Waals surface area contributed by atoms with Gasteiger partial charge in [-0.15, -0.1) is 0 Å². The molecule has 0 rings (SSSR count). The number of rotatable bonds is 11. The lowest BCUT2D eigenvalue weighted by molar-refractivity contribution is -0.838. The van der Waals surface area contributed by atoms with E-state index in [0.717, 1.165) is 12.8 Å². The number of carbonyl (C=O) groups is 1. The molecule has 0 aliphatic rings. The monoisotopic (exact) mass is 258 g/mol. The Kier molecular flexibility index (Phi) is 9.98. The highest BCUT2D eigenvalue weighted by Crippen LogP contribution is 2.08. The van der Waals surface area contributed by atoms with Crippen molar-refractivity contribution in [3.05, 3.63) is 5.21 Å². The lowest BCUT2D eigenvalue weighted by Crippen LogP contribution is -2.40. The van der Waals surface area contributed by atoms with Crippen molar-refractivity contribution < 1.29 is 9.44 Å². The fourth-order valence-corrected chi connectivity index (χ4v) is 1.80. The summed E-state index contributed by atoms with van der Waals surface area (Å²) in [6.45, 7) is 3.13. The molecule has 4 nitrogen and oxygen atoms in total. The predicted molar refractivity (Wildman–Crippen MR) is 76.0 cm³/mol. The van der Waals surface area contributed by atoms with E-state index in [9.17, 15) is 10.0 Å². The zero-order valence-corrected chi connectivity index (χ0v) is 12.3. The molecule has 108 valence electrons. The van der Waals surface area contributed by atoms with Gasteiger partial charge < -0.3 is 15.2 Å². The van der Waals surface area contributed by atoms with Crippen molar-refractivity contribution in [3.8, 4) is 0 Å². The number of nitrogens with zero attached hydrogens (tertiary/aromatic N) is 1. The van der Waals surface area contributed by atoms with Crippen LogP contribution in [0.3, 0.4) is 0 Å². The standard InChI is InChI=1S/C14H30N2O2/c1-4-5-6-7-8-9-10-11-14(17)15-12-13-16(2,3)18/h4-13H2,1-3H3,(H,15,17). The van der Waals surface area contributed by atoms with Crippen molar-refractivity contribution in [2.45, 2.75) is 58.3 Å². The molecule has 0 atom stereocenters. The van der Waals surface area contributed by atoms with Gasteiger partial charge in [0, 0.05) is 6.42 Å². The summed E-state index contributed by atoms with van der Waals surface area (Å²) >= 11 is 0. The zero-order chi connectivity index (χ0) is 13.9. The number of nitrogens with one attached hydrogen (secondary N) is 1. The van der Waals surface area contributed by atoms with E-state index in [1.54, 1.807) is 14.1 Å². The summed E-state index contributed by atoms with van der Waals surface area (Å²) < 4.78 is -0.349. The minimum Gasteiger partial charge on any atom is -0.633 e. The van der Waals surface area contributed by atoms with Crippen LogP contribution in [0.2, 0.25) is 0 Å². The molecular formula is C14H30N2O2. The predicted octanol–water partition coefficient (Wildman–Crippen LogP) is 2.82. The van der Waals surface area contributed by atoms with Crippen molar-refractivity contribution in [3.63, 3.8) is 0 Å². The minimum absolute atomic E-state index is 0.0806. The Morgan fingerprint density at radius 2 is 1.61 bits per heavy atom. The normalized spacial score (nSPS) is 11.6. The van der Waals surface area contributed by atoms with Crippen LogP contribution in [0.15, 0.2) is 0 Å². The van der Waals surface area contributed by atoms with Crippen LogP contribution >= 0.6 is 0 Å². The average Bonchev–Trinajstić information content (AvgIpc) is 2.26. The lowest BCUT2D eigenvalue weighted by Gasteiger charge is -2.33. The molecule has 0 aromatic heterocycles. The van der Waals surface area contributed by atoms with Gasteiger partial charge in [0.15, 0.2) is 0 Å². The molecule has 0 bridgehead atoms. The number of amides is 1. The summed E-state index contributed by atoms with van der Waals surface area (Å²) in [6.07, 6.45) is 9.14. The number of carbonyl (C=O) groups excluding carboxylic acids is 1. The van der Waals surface area contributed by atoms with Crippen LogP contribution in [0, 0.1) is 5.21 Å². The zero-order valence-electron chi connectivity index (χ0n) is 12.3. The number of quaternary nitrogens is 1. The fraction of sp³-hybridized carbons (Fsp3) is 0.929. The van der Waals surface area contributed by atoms with Gasteiger partial charge in [0.2, 0.25) is 5.91 Å². The van der Waals surface area contributed by atoms with Gasteiger partial charge in [0.05, 0.1) is 27.2 Å². The Morgan fingerprint density at radius 3 is 2.17 bits per heavy atom. The second kappa shape index (κ2) is 10.3. The molecule has 4 heteroatoms. The van der Waals surface area contributed by atoms with Gasteiger partial charge in [-0.3, -0.25) is 4.79 Å². The van der Waals surface area contributed by atoms with Crippen molar-refractivity contribution in [2.75, 3.05) is 27.2 Å². The highest BCUT2D eigenvalue weighted by Gasteiger charge is 2.04. The molecule has 0 aromatic rings. The van der Waals surface area contributed by atoms with Crippen LogP contribution in [0.4, 0.5) is 0 Å². The van der Waals surface area contributed by atoms with E-state index < -0.39 is 0 Å². The van der Waals surface area contributed by atoms with E-state index in [-0.39, 0.29) is 10.6 Å². The minimum atomic E-state index is -0.349. The van der Waals surface area contributed by atoms with Crippen molar-refractivity contribution in [1.29, 1.82) is 0 Å². The summed E-state index contributed by atoms with van der Waals surface area (Å²) in [5.74, 6) is 0.0806. The third-order valence-electron chi connectivity index (χ3n) is 2.98. The number of hydroxylamine groups is 3. The summed E-state index contributed by atoms with van der Waals surface area (Å²) in [4.78, 5) is 11.4. The van der Waals surface area contributed by atoms with Gasteiger partial charge in [0.25, 0.3) is 0 Å². The third kappa shape index (κ3) is 13.5. The van der Waals surface area contributed by atoms with E-state index in [2.05, 4.69) is 12.2 Å². The summed E-state index contributed by atoms with van der Waals surface area (Å²) in [6, 6.07) is 0. The van der Waals surface area contributed by atoms with E-state index in [1.165, 1.54) is 32.1 Å².